The maximum Gasteiger partial charge on any atom is 0.271 e. The molecule has 2 atom stereocenters. The molecule has 2 N–H and O–H groups in total. The van der Waals surface area contributed by atoms with Crippen LogP contribution in [0.15, 0.2) is 36.7 Å². The molecule has 4 aliphatic carbocycles. The highest BCUT2D eigenvalue weighted by Gasteiger charge is 2.58. The zero-order valence-electron chi connectivity index (χ0n) is 18.0. The van der Waals surface area contributed by atoms with Crippen LogP contribution in [-0.4, -0.2) is 40.0 Å². The fourth-order valence-electron chi connectivity index (χ4n) is 6.51. The summed E-state index contributed by atoms with van der Waals surface area (Å²) in [6.45, 7) is 1.83. The number of hydrogen-bond acceptors (Lipinski definition) is 5. The number of aryl methyl sites for hydroxylation is 1. The first-order chi connectivity index (χ1) is 14.9. The van der Waals surface area contributed by atoms with Crippen molar-refractivity contribution < 1.29 is 14.3 Å². The van der Waals surface area contributed by atoms with E-state index < -0.39 is 0 Å². The van der Waals surface area contributed by atoms with Crippen molar-refractivity contribution in [1.29, 1.82) is 0 Å². The van der Waals surface area contributed by atoms with Crippen LogP contribution in [0.4, 0.5) is 0 Å². The summed E-state index contributed by atoms with van der Waals surface area (Å²) < 4.78 is 5.27. The lowest BCUT2D eigenvalue weighted by molar-refractivity contribution is -0.0448. The lowest BCUT2D eigenvalue weighted by Gasteiger charge is -2.62. The summed E-state index contributed by atoms with van der Waals surface area (Å²) in [6.07, 6.45) is 8.97. The number of carbonyl (C=O) groups excluding carboxylic acids is 2. The number of amides is 2. The second-order valence-electron chi connectivity index (χ2n) is 9.71. The van der Waals surface area contributed by atoms with E-state index in [1.54, 1.807) is 19.4 Å². The highest BCUT2D eigenvalue weighted by molar-refractivity contribution is 5.95. The Hall–Kier alpha value is -2.96. The van der Waals surface area contributed by atoms with Crippen LogP contribution in [0.2, 0.25) is 0 Å². The Morgan fingerprint density at radius 1 is 1.03 bits per heavy atom. The van der Waals surface area contributed by atoms with Gasteiger partial charge in [-0.1, -0.05) is 6.07 Å². The van der Waals surface area contributed by atoms with E-state index in [9.17, 15) is 9.59 Å². The maximum atomic E-state index is 13.1. The van der Waals surface area contributed by atoms with E-state index in [0.717, 1.165) is 37.8 Å². The second kappa shape index (κ2) is 7.32. The van der Waals surface area contributed by atoms with Gasteiger partial charge in [-0.15, -0.1) is 0 Å². The zero-order valence-corrected chi connectivity index (χ0v) is 18.0. The van der Waals surface area contributed by atoms with Crippen LogP contribution < -0.4 is 15.4 Å². The average Bonchev–Trinajstić information content (AvgIpc) is 2.72. The van der Waals surface area contributed by atoms with Gasteiger partial charge in [0.1, 0.15) is 11.4 Å². The Morgan fingerprint density at radius 2 is 1.71 bits per heavy atom. The second-order valence-corrected chi connectivity index (χ2v) is 9.71. The fourth-order valence-corrected chi connectivity index (χ4v) is 6.51. The van der Waals surface area contributed by atoms with Gasteiger partial charge in [0.25, 0.3) is 11.8 Å². The molecule has 4 saturated carbocycles. The van der Waals surface area contributed by atoms with Crippen LogP contribution in [0.3, 0.4) is 0 Å². The van der Waals surface area contributed by atoms with Gasteiger partial charge in [-0.05, 0) is 75.5 Å². The molecule has 0 aliphatic heterocycles. The van der Waals surface area contributed by atoms with Crippen molar-refractivity contribution in [3.8, 4) is 5.75 Å². The molecule has 2 aromatic rings. The number of hydrogen-bond donors (Lipinski definition) is 2. The number of benzene rings is 1. The molecule has 162 valence electrons. The largest absolute Gasteiger partial charge is 0.497 e. The molecule has 4 bridgehead atoms. The lowest BCUT2D eigenvalue weighted by Crippen LogP contribution is -2.69. The number of ether oxygens (including phenoxy) is 1. The molecular formula is C24H28N4O3. The molecule has 31 heavy (non-hydrogen) atoms. The van der Waals surface area contributed by atoms with Gasteiger partial charge in [0, 0.05) is 22.8 Å². The van der Waals surface area contributed by atoms with Gasteiger partial charge in [0.05, 0.1) is 19.0 Å². The third-order valence-corrected chi connectivity index (χ3v) is 7.14. The molecule has 0 radical (unpaired) electrons. The molecule has 0 saturated heterocycles. The van der Waals surface area contributed by atoms with Gasteiger partial charge in [-0.25, -0.2) is 4.98 Å². The molecule has 0 spiro atoms. The van der Waals surface area contributed by atoms with Crippen molar-refractivity contribution in [2.24, 2.45) is 11.8 Å². The molecule has 4 aliphatic rings. The highest BCUT2D eigenvalue weighted by atomic mass is 16.5. The Morgan fingerprint density at radius 3 is 2.35 bits per heavy atom. The van der Waals surface area contributed by atoms with E-state index in [1.807, 2.05) is 25.1 Å². The fraction of sp³-hybridized carbons (Fsp3) is 0.500. The van der Waals surface area contributed by atoms with Gasteiger partial charge in [-0.3, -0.25) is 14.6 Å². The number of rotatable bonds is 5. The zero-order chi connectivity index (χ0) is 21.6. The molecule has 7 heteroatoms. The van der Waals surface area contributed by atoms with Gasteiger partial charge in [0.2, 0.25) is 0 Å². The Bertz CT molecular complexity index is 1020. The van der Waals surface area contributed by atoms with E-state index in [2.05, 4.69) is 20.6 Å². The normalized spacial score (nSPS) is 30.6. The molecular weight excluding hydrogens is 392 g/mol. The quantitative estimate of drug-likeness (QED) is 0.776. The van der Waals surface area contributed by atoms with Crippen molar-refractivity contribution in [3.63, 3.8) is 0 Å². The third kappa shape index (κ3) is 3.77. The van der Waals surface area contributed by atoms with Crippen LogP contribution >= 0.6 is 0 Å². The summed E-state index contributed by atoms with van der Waals surface area (Å²) in [5.41, 5.74) is 1.10. The summed E-state index contributed by atoms with van der Waals surface area (Å²) in [7, 11) is 1.60. The van der Waals surface area contributed by atoms with Crippen molar-refractivity contribution in [2.75, 3.05) is 7.11 Å². The minimum absolute atomic E-state index is 0.0770. The Kier molecular flexibility index (Phi) is 4.72. The monoisotopic (exact) mass is 420 g/mol. The first-order valence-electron chi connectivity index (χ1n) is 11.0. The summed E-state index contributed by atoms with van der Waals surface area (Å²) in [5, 5.41) is 6.68. The predicted molar refractivity (Wildman–Crippen MR) is 115 cm³/mol. The van der Waals surface area contributed by atoms with Gasteiger partial charge >= 0.3 is 0 Å². The summed E-state index contributed by atoms with van der Waals surface area (Å²) in [6, 6.07) is 7.24. The van der Waals surface area contributed by atoms with E-state index in [-0.39, 0.29) is 22.9 Å². The standard InChI is InChI=1S/C24H28N4O3/c1-15-12-25-13-20(26-15)22(30)28-24-10-16-6-17(11-24)9-23(8-16,14-24)27-21(29)18-4-3-5-19(7-18)31-2/h3-5,7,12-13,16-17H,6,8-11,14H2,1-2H3,(H,27,29)(H,28,30). The molecule has 4 fully saturated rings. The van der Waals surface area contributed by atoms with Crippen LogP contribution in [0, 0.1) is 18.8 Å². The predicted octanol–water partition coefficient (Wildman–Crippen LogP) is 3.04. The summed E-state index contributed by atoms with van der Waals surface area (Å²) in [5.74, 6) is 1.44. The molecule has 1 aromatic carbocycles. The molecule has 2 unspecified atom stereocenters. The van der Waals surface area contributed by atoms with E-state index in [1.165, 1.54) is 12.6 Å². The number of aromatic nitrogens is 2. The topological polar surface area (TPSA) is 93.2 Å². The lowest BCUT2D eigenvalue weighted by atomic mass is 9.49. The molecule has 1 aromatic heterocycles. The maximum absolute atomic E-state index is 13.1. The van der Waals surface area contributed by atoms with E-state index in [4.69, 9.17) is 4.74 Å². The summed E-state index contributed by atoms with van der Waals surface area (Å²) in [4.78, 5) is 34.5. The van der Waals surface area contributed by atoms with Crippen LogP contribution in [-0.2, 0) is 0 Å². The minimum Gasteiger partial charge on any atom is -0.497 e. The number of nitrogens with one attached hydrogen (secondary N) is 2. The van der Waals surface area contributed by atoms with Gasteiger partial charge < -0.3 is 15.4 Å². The highest BCUT2D eigenvalue weighted by Crippen LogP contribution is 2.57. The molecule has 7 nitrogen and oxygen atoms in total. The SMILES string of the molecule is COc1cccc(C(=O)NC23CC4CC(C2)CC(NC(=O)c2cncc(C)n2)(C4)C3)c1. The van der Waals surface area contributed by atoms with E-state index >= 15 is 0 Å². The van der Waals surface area contributed by atoms with Crippen LogP contribution in [0.1, 0.15) is 65.1 Å². The van der Waals surface area contributed by atoms with Gasteiger partial charge in [-0.2, -0.15) is 0 Å². The Labute approximate surface area is 182 Å². The molecule has 1 heterocycles. The van der Waals surface area contributed by atoms with Crippen molar-refractivity contribution in [3.05, 3.63) is 53.6 Å². The number of carbonyl (C=O) groups is 2. The smallest absolute Gasteiger partial charge is 0.271 e. The number of nitrogens with zero attached hydrogens (tertiary/aromatic N) is 2. The van der Waals surface area contributed by atoms with Crippen molar-refractivity contribution in [1.82, 2.24) is 20.6 Å². The number of methoxy groups -OCH3 is 1. The molecule has 2 amide bonds. The minimum atomic E-state index is -0.297. The van der Waals surface area contributed by atoms with Crippen molar-refractivity contribution >= 4 is 11.8 Å². The van der Waals surface area contributed by atoms with E-state index in [0.29, 0.717) is 28.8 Å². The van der Waals surface area contributed by atoms with Crippen molar-refractivity contribution in [2.45, 2.75) is 56.5 Å². The first kappa shape index (κ1) is 20.0. The van der Waals surface area contributed by atoms with Gasteiger partial charge in [0.15, 0.2) is 0 Å². The average molecular weight is 421 g/mol. The van der Waals surface area contributed by atoms with Crippen LogP contribution in [0.25, 0.3) is 0 Å². The molecule has 6 rings (SSSR count). The first-order valence-corrected chi connectivity index (χ1v) is 11.0. The third-order valence-electron chi connectivity index (χ3n) is 7.14. The van der Waals surface area contributed by atoms with Crippen LogP contribution in [0.5, 0.6) is 5.75 Å². The Balaban J connectivity index is 1.37. The summed E-state index contributed by atoms with van der Waals surface area (Å²) >= 11 is 0.